The second-order valence-electron chi connectivity index (χ2n) is 5.13. The Balaban J connectivity index is 2.50. The van der Waals surface area contributed by atoms with Gasteiger partial charge in [-0.25, -0.2) is 9.59 Å². The van der Waals surface area contributed by atoms with Gasteiger partial charge in [-0.1, -0.05) is 26.7 Å². The molecule has 1 aliphatic heterocycles. The Bertz CT molecular complexity index is 311. The molecule has 0 atom stereocenters. The molecular weight excluding hydrogens is 292 g/mol. The molecule has 0 radical (unpaired) electrons. The largest absolute Gasteiger partial charge is 0.511 e. The van der Waals surface area contributed by atoms with Gasteiger partial charge in [0.05, 0.1) is 26.4 Å². The van der Waals surface area contributed by atoms with Crippen LogP contribution in [0.2, 0.25) is 0 Å². The van der Waals surface area contributed by atoms with E-state index in [1.54, 1.807) is 0 Å². The van der Waals surface area contributed by atoms with Crippen LogP contribution in [0.4, 0.5) is 9.59 Å². The molecule has 0 aromatic rings. The molecular formula is C15H26O7. The Morgan fingerprint density at radius 1 is 0.909 bits per heavy atom. The van der Waals surface area contributed by atoms with E-state index in [2.05, 4.69) is 0 Å². The van der Waals surface area contributed by atoms with Crippen LogP contribution < -0.4 is 0 Å². The van der Waals surface area contributed by atoms with E-state index in [0.29, 0.717) is 13.2 Å². The number of carbonyl (C=O) groups is 2. The second-order valence-corrected chi connectivity index (χ2v) is 5.13. The Morgan fingerprint density at radius 2 is 1.36 bits per heavy atom. The van der Waals surface area contributed by atoms with Gasteiger partial charge in [-0.05, 0) is 12.8 Å². The van der Waals surface area contributed by atoms with Crippen molar-refractivity contribution in [3.8, 4) is 0 Å². The van der Waals surface area contributed by atoms with Gasteiger partial charge in [-0.2, -0.15) is 0 Å². The van der Waals surface area contributed by atoms with Gasteiger partial charge < -0.3 is 23.7 Å². The summed E-state index contributed by atoms with van der Waals surface area (Å²) in [7, 11) is 0. The molecule has 128 valence electrons. The third-order valence-corrected chi connectivity index (χ3v) is 3.23. The van der Waals surface area contributed by atoms with E-state index in [1.807, 2.05) is 13.8 Å². The van der Waals surface area contributed by atoms with Crippen LogP contribution in [0.25, 0.3) is 0 Å². The Hall–Kier alpha value is -1.50. The molecule has 7 nitrogen and oxygen atoms in total. The summed E-state index contributed by atoms with van der Waals surface area (Å²) < 4.78 is 25.6. The fourth-order valence-corrected chi connectivity index (χ4v) is 1.87. The lowest BCUT2D eigenvalue weighted by Crippen LogP contribution is -2.45. The van der Waals surface area contributed by atoms with Crippen molar-refractivity contribution in [1.82, 2.24) is 0 Å². The predicted octanol–water partition coefficient (Wildman–Crippen LogP) is 3.40. The van der Waals surface area contributed by atoms with Crippen molar-refractivity contribution in [2.45, 2.75) is 58.2 Å². The molecule has 1 aliphatic rings. The Kier molecular flexibility index (Phi) is 8.65. The van der Waals surface area contributed by atoms with Gasteiger partial charge in [0.2, 0.25) is 0 Å². The average molecular weight is 318 g/mol. The average Bonchev–Trinajstić information content (AvgIpc) is 2.48. The highest BCUT2D eigenvalue weighted by Gasteiger charge is 2.42. The van der Waals surface area contributed by atoms with E-state index in [1.165, 1.54) is 0 Å². The quantitative estimate of drug-likeness (QED) is 0.385. The van der Waals surface area contributed by atoms with Gasteiger partial charge in [0, 0.05) is 12.8 Å². The zero-order valence-corrected chi connectivity index (χ0v) is 13.4. The summed E-state index contributed by atoms with van der Waals surface area (Å²) in [6, 6.07) is 0. The molecule has 0 bridgehead atoms. The Labute approximate surface area is 131 Å². The van der Waals surface area contributed by atoms with Gasteiger partial charge in [-0.3, -0.25) is 0 Å². The van der Waals surface area contributed by atoms with Crippen molar-refractivity contribution in [2.24, 2.45) is 0 Å². The van der Waals surface area contributed by atoms with Crippen molar-refractivity contribution in [3.05, 3.63) is 0 Å². The third-order valence-electron chi connectivity index (χ3n) is 3.23. The van der Waals surface area contributed by atoms with Gasteiger partial charge in [0.1, 0.15) is 0 Å². The molecule has 0 aromatic heterocycles. The number of hydrogen-bond donors (Lipinski definition) is 0. The van der Waals surface area contributed by atoms with Crippen molar-refractivity contribution in [2.75, 3.05) is 26.4 Å². The van der Waals surface area contributed by atoms with E-state index in [-0.39, 0.29) is 26.1 Å². The van der Waals surface area contributed by atoms with E-state index in [4.69, 9.17) is 23.7 Å². The monoisotopic (exact) mass is 318 g/mol. The van der Waals surface area contributed by atoms with Crippen molar-refractivity contribution < 1.29 is 33.3 Å². The molecule has 7 heteroatoms. The zero-order chi connectivity index (χ0) is 16.3. The maximum absolute atomic E-state index is 11.7. The minimum Gasteiger partial charge on any atom is -0.434 e. The summed E-state index contributed by atoms with van der Waals surface area (Å²) in [5, 5.41) is 0. The number of carbonyl (C=O) groups excluding carboxylic acids is 2. The lowest BCUT2D eigenvalue weighted by Gasteiger charge is -2.34. The van der Waals surface area contributed by atoms with E-state index < -0.39 is 18.1 Å². The number of ether oxygens (including phenoxy) is 5. The van der Waals surface area contributed by atoms with Gasteiger partial charge in [-0.15, -0.1) is 0 Å². The second kappa shape index (κ2) is 10.3. The molecule has 0 amide bonds. The molecule has 1 saturated heterocycles. The summed E-state index contributed by atoms with van der Waals surface area (Å²) in [4.78, 5) is 23.4. The molecule has 0 aromatic carbocycles. The van der Waals surface area contributed by atoms with Crippen LogP contribution in [-0.4, -0.2) is 44.5 Å². The lowest BCUT2D eigenvalue weighted by molar-refractivity contribution is -0.224. The van der Waals surface area contributed by atoms with Crippen LogP contribution in [0.15, 0.2) is 0 Å². The molecule has 1 rings (SSSR count). The highest BCUT2D eigenvalue weighted by Crippen LogP contribution is 2.28. The first-order chi connectivity index (χ1) is 10.6. The van der Waals surface area contributed by atoms with Crippen molar-refractivity contribution >= 4 is 12.3 Å². The first-order valence-corrected chi connectivity index (χ1v) is 7.91. The normalized spacial score (nSPS) is 16.6. The number of rotatable bonds is 8. The smallest absolute Gasteiger partial charge is 0.434 e. The van der Waals surface area contributed by atoms with Crippen LogP contribution >= 0.6 is 0 Å². The summed E-state index contributed by atoms with van der Waals surface area (Å²) in [6.45, 7) is 5.22. The minimum absolute atomic E-state index is 0.263. The van der Waals surface area contributed by atoms with E-state index >= 15 is 0 Å². The predicted molar refractivity (Wildman–Crippen MR) is 77.5 cm³/mol. The molecule has 1 heterocycles. The fraction of sp³-hybridized carbons (Fsp3) is 0.867. The van der Waals surface area contributed by atoms with Crippen LogP contribution in [0, 0.1) is 0 Å². The molecule has 0 spiro atoms. The summed E-state index contributed by atoms with van der Waals surface area (Å²) >= 11 is 0. The van der Waals surface area contributed by atoms with Crippen molar-refractivity contribution in [1.29, 1.82) is 0 Å². The van der Waals surface area contributed by atoms with Gasteiger partial charge in [0.15, 0.2) is 0 Å². The van der Waals surface area contributed by atoms with Crippen molar-refractivity contribution in [3.63, 3.8) is 0 Å². The highest BCUT2D eigenvalue weighted by atomic mass is 16.8. The maximum Gasteiger partial charge on any atom is 0.511 e. The lowest BCUT2D eigenvalue weighted by atomic mass is 10.1. The van der Waals surface area contributed by atoms with Crippen LogP contribution in [0.1, 0.15) is 52.4 Å². The highest BCUT2D eigenvalue weighted by molar-refractivity contribution is 5.63. The van der Waals surface area contributed by atoms with E-state index in [0.717, 1.165) is 25.7 Å². The zero-order valence-electron chi connectivity index (χ0n) is 13.4. The molecule has 1 fully saturated rings. The number of hydrogen-bond acceptors (Lipinski definition) is 7. The molecule has 22 heavy (non-hydrogen) atoms. The standard InChI is InChI=1S/C15H26O7/c1-3-5-9-19-13(16)21-15(7-11-18-12-8-15)22-14(17)20-10-6-4-2/h3-12H2,1-2H3. The molecule has 0 saturated carbocycles. The summed E-state index contributed by atoms with van der Waals surface area (Å²) in [6.07, 6.45) is 2.18. The topological polar surface area (TPSA) is 80.3 Å². The molecule has 0 unspecified atom stereocenters. The van der Waals surface area contributed by atoms with Crippen LogP contribution in [-0.2, 0) is 23.7 Å². The first kappa shape index (κ1) is 18.5. The van der Waals surface area contributed by atoms with Crippen LogP contribution in [0.3, 0.4) is 0 Å². The van der Waals surface area contributed by atoms with Gasteiger partial charge >= 0.3 is 12.3 Å². The maximum atomic E-state index is 11.7. The SMILES string of the molecule is CCCCOC(=O)OC1(OC(=O)OCCCC)CCOCC1. The third kappa shape index (κ3) is 6.98. The summed E-state index contributed by atoms with van der Waals surface area (Å²) in [5.41, 5.74) is 0. The summed E-state index contributed by atoms with van der Waals surface area (Å²) in [5.74, 6) is -1.36. The minimum atomic E-state index is -1.36. The Morgan fingerprint density at radius 3 is 1.77 bits per heavy atom. The van der Waals surface area contributed by atoms with Gasteiger partial charge in [0.25, 0.3) is 5.79 Å². The van der Waals surface area contributed by atoms with Crippen LogP contribution in [0.5, 0.6) is 0 Å². The first-order valence-electron chi connectivity index (χ1n) is 7.91. The number of unbranched alkanes of at least 4 members (excludes halogenated alkanes) is 2. The molecule has 0 aliphatic carbocycles. The van der Waals surface area contributed by atoms with E-state index in [9.17, 15) is 9.59 Å². The fourth-order valence-electron chi connectivity index (χ4n) is 1.87. The molecule has 0 N–H and O–H groups in total.